The molecule has 1 fully saturated rings. The van der Waals surface area contributed by atoms with Crippen LogP contribution in [0.1, 0.15) is 43.9 Å². The molecule has 1 amide bonds. The SMILES string of the molecule is CC(C)(C)OC(=O)CCOC(=O)N[C@@H]1COC(COCc2ccccc2)C(OCc2ccccc2)C1OCc1ccccc1. The van der Waals surface area contributed by atoms with Gasteiger partial charge in [-0.05, 0) is 37.5 Å². The summed E-state index contributed by atoms with van der Waals surface area (Å²) in [6.07, 6.45) is -2.35. The largest absolute Gasteiger partial charge is 0.460 e. The lowest BCUT2D eigenvalue weighted by molar-refractivity contribution is -0.207. The second-order valence-electron chi connectivity index (χ2n) is 11.6. The maximum atomic E-state index is 12.8. The first-order valence-corrected chi connectivity index (χ1v) is 15.0. The minimum absolute atomic E-state index is 0.0522. The maximum Gasteiger partial charge on any atom is 0.407 e. The summed E-state index contributed by atoms with van der Waals surface area (Å²) < 4.78 is 35.9. The standard InChI is InChI=1S/C35H43NO8/c1-35(2,3)44-31(37)19-20-40-34(38)36-29-24-41-30(25-39-21-26-13-7-4-8-14-26)33(43-23-28-17-11-6-12-18-28)32(29)42-22-27-15-9-5-10-16-27/h4-18,29-30,32-33H,19-25H2,1-3H3,(H,36,38)/t29-,30?,32?,33?/m1/s1. The van der Waals surface area contributed by atoms with Gasteiger partial charge in [0.2, 0.25) is 0 Å². The van der Waals surface area contributed by atoms with Crippen LogP contribution in [0.5, 0.6) is 0 Å². The Hall–Kier alpha value is -3.76. The van der Waals surface area contributed by atoms with Gasteiger partial charge in [0, 0.05) is 0 Å². The molecule has 0 bridgehead atoms. The number of rotatable bonds is 14. The lowest BCUT2D eigenvalue weighted by Crippen LogP contribution is -2.61. The van der Waals surface area contributed by atoms with E-state index in [1.807, 2.05) is 91.0 Å². The number of nitrogens with one attached hydrogen (secondary N) is 1. The van der Waals surface area contributed by atoms with Crippen LogP contribution in [0.2, 0.25) is 0 Å². The molecule has 0 spiro atoms. The molecule has 0 aliphatic carbocycles. The number of alkyl carbamates (subject to hydrolysis) is 1. The molecule has 1 N–H and O–H groups in total. The summed E-state index contributed by atoms with van der Waals surface area (Å²) in [4.78, 5) is 24.9. The molecule has 4 atom stereocenters. The highest BCUT2D eigenvalue weighted by atomic mass is 16.6. The molecule has 1 aliphatic heterocycles. The van der Waals surface area contributed by atoms with Crippen molar-refractivity contribution in [2.24, 2.45) is 0 Å². The Morgan fingerprint density at radius 1 is 0.773 bits per heavy atom. The van der Waals surface area contributed by atoms with Gasteiger partial charge in [-0.1, -0.05) is 91.0 Å². The van der Waals surface area contributed by atoms with E-state index < -0.39 is 42.0 Å². The Kier molecular flexibility index (Phi) is 12.7. The minimum atomic E-state index is -0.684. The number of ether oxygens (including phenoxy) is 6. The van der Waals surface area contributed by atoms with E-state index in [-0.39, 0.29) is 26.2 Å². The number of benzene rings is 3. The molecule has 3 unspecified atom stereocenters. The normalized spacial score (nSPS) is 20.1. The maximum absolute atomic E-state index is 12.8. The van der Waals surface area contributed by atoms with Gasteiger partial charge >= 0.3 is 12.1 Å². The van der Waals surface area contributed by atoms with E-state index >= 15 is 0 Å². The first-order chi connectivity index (χ1) is 21.3. The summed E-state index contributed by atoms with van der Waals surface area (Å²) in [5, 5.41) is 2.87. The topological polar surface area (TPSA) is 102 Å². The van der Waals surface area contributed by atoms with Crippen LogP contribution in [0.25, 0.3) is 0 Å². The third-order valence-electron chi connectivity index (χ3n) is 6.80. The Morgan fingerprint density at radius 3 is 1.84 bits per heavy atom. The van der Waals surface area contributed by atoms with Gasteiger partial charge in [0.25, 0.3) is 0 Å². The first-order valence-electron chi connectivity index (χ1n) is 15.0. The molecule has 3 aromatic rings. The zero-order valence-corrected chi connectivity index (χ0v) is 25.7. The van der Waals surface area contributed by atoms with Gasteiger partial charge in [-0.3, -0.25) is 4.79 Å². The molecule has 1 aliphatic rings. The molecule has 44 heavy (non-hydrogen) atoms. The molecule has 0 radical (unpaired) electrons. The average molecular weight is 606 g/mol. The minimum Gasteiger partial charge on any atom is -0.460 e. The number of carbonyl (C=O) groups is 2. The van der Waals surface area contributed by atoms with Gasteiger partial charge in [-0.15, -0.1) is 0 Å². The molecular weight excluding hydrogens is 562 g/mol. The number of amides is 1. The zero-order valence-electron chi connectivity index (χ0n) is 25.7. The van der Waals surface area contributed by atoms with Crippen LogP contribution in [0, 0.1) is 0 Å². The predicted molar refractivity (Wildman–Crippen MR) is 165 cm³/mol. The third-order valence-corrected chi connectivity index (χ3v) is 6.80. The fourth-order valence-electron chi connectivity index (χ4n) is 4.75. The van der Waals surface area contributed by atoms with Gasteiger partial charge in [0.05, 0.1) is 45.5 Å². The van der Waals surface area contributed by atoms with Gasteiger partial charge in [0.15, 0.2) is 0 Å². The molecule has 0 saturated carbocycles. The van der Waals surface area contributed by atoms with Crippen LogP contribution >= 0.6 is 0 Å². The van der Waals surface area contributed by atoms with Crippen LogP contribution in [0.4, 0.5) is 4.79 Å². The highest BCUT2D eigenvalue weighted by Crippen LogP contribution is 2.25. The van der Waals surface area contributed by atoms with Crippen molar-refractivity contribution in [2.45, 2.75) is 77.0 Å². The van der Waals surface area contributed by atoms with Gasteiger partial charge < -0.3 is 33.7 Å². The zero-order chi connectivity index (χ0) is 31.2. The molecule has 3 aromatic carbocycles. The summed E-state index contributed by atoms with van der Waals surface area (Å²) in [7, 11) is 0. The second-order valence-corrected chi connectivity index (χ2v) is 11.6. The highest BCUT2D eigenvalue weighted by molar-refractivity contribution is 5.71. The van der Waals surface area contributed by atoms with Gasteiger partial charge in [-0.2, -0.15) is 0 Å². The summed E-state index contributed by atoms with van der Waals surface area (Å²) in [6, 6.07) is 29.0. The number of hydrogen-bond acceptors (Lipinski definition) is 8. The van der Waals surface area contributed by atoms with E-state index in [1.165, 1.54) is 0 Å². The van der Waals surface area contributed by atoms with E-state index in [2.05, 4.69) is 5.32 Å². The van der Waals surface area contributed by atoms with Crippen LogP contribution in [-0.4, -0.2) is 61.8 Å². The van der Waals surface area contributed by atoms with Crippen molar-refractivity contribution in [1.82, 2.24) is 5.32 Å². The van der Waals surface area contributed by atoms with E-state index in [0.717, 1.165) is 16.7 Å². The molecule has 1 heterocycles. The summed E-state index contributed by atoms with van der Waals surface area (Å²) in [5.74, 6) is -0.442. The van der Waals surface area contributed by atoms with Crippen LogP contribution in [0.3, 0.4) is 0 Å². The van der Waals surface area contributed by atoms with Crippen molar-refractivity contribution in [2.75, 3.05) is 19.8 Å². The Morgan fingerprint density at radius 2 is 1.30 bits per heavy atom. The van der Waals surface area contributed by atoms with E-state index in [9.17, 15) is 9.59 Å². The molecule has 9 nitrogen and oxygen atoms in total. The monoisotopic (exact) mass is 605 g/mol. The number of esters is 1. The van der Waals surface area contributed by atoms with E-state index in [1.54, 1.807) is 20.8 Å². The fraction of sp³-hybridized carbons (Fsp3) is 0.429. The number of carbonyl (C=O) groups excluding carboxylic acids is 2. The quantitative estimate of drug-likeness (QED) is 0.237. The van der Waals surface area contributed by atoms with Gasteiger partial charge in [-0.25, -0.2) is 4.79 Å². The Balaban J connectivity index is 1.45. The second kappa shape index (κ2) is 16.9. The number of hydrogen-bond donors (Lipinski definition) is 1. The lowest BCUT2D eigenvalue weighted by atomic mass is 9.97. The Bertz CT molecular complexity index is 1270. The summed E-state index contributed by atoms with van der Waals surface area (Å²) >= 11 is 0. The van der Waals surface area contributed by atoms with Crippen molar-refractivity contribution in [3.8, 4) is 0 Å². The van der Waals surface area contributed by atoms with E-state index in [4.69, 9.17) is 28.4 Å². The summed E-state index contributed by atoms with van der Waals surface area (Å²) in [6.45, 7) is 6.72. The van der Waals surface area contributed by atoms with Crippen LogP contribution < -0.4 is 5.32 Å². The third kappa shape index (κ3) is 11.4. The van der Waals surface area contributed by atoms with Crippen LogP contribution in [-0.2, 0) is 53.0 Å². The van der Waals surface area contributed by atoms with Crippen molar-refractivity contribution in [3.63, 3.8) is 0 Å². The fourth-order valence-corrected chi connectivity index (χ4v) is 4.75. The lowest BCUT2D eigenvalue weighted by Gasteiger charge is -2.42. The predicted octanol–water partition coefficient (Wildman–Crippen LogP) is 5.60. The molecule has 9 heteroatoms. The molecule has 1 saturated heterocycles. The average Bonchev–Trinajstić information content (AvgIpc) is 3.01. The molecule has 0 aromatic heterocycles. The first kappa shape index (κ1) is 33.1. The van der Waals surface area contributed by atoms with E-state index in [0.29, 0.717) is 19.8 Å². The van der Waals surface area contributed by atoms with Crippen LogP contribution in [0.15, 0.2) is 91.0 Å². The van der Waals surface area contributed by atoms with Crippen molar-refractivity contribution < 1.29 is 38.0 Å². The van der Waals surface area contributed by atoms with Crippen molar-refractivity contribution in [1.29, 1.82) is 0 Å². The Labute approximate surface area is 259 Å². The smallest absolute Gasteiger partial charge is 0.407 e. The molecular formula is C35H43NO8. The highest BCUT2D eigenvalue weighted by Gasteiger charge is 2.43. The van der Waals surface area contributed by atoms with Crippen molar-refractivity contribution in [3.05, 3.63) is 108 Å². The van der Waals surface area contributed by atoms with Crippen molar-refractivity contribution >= 4 is 12.1 Å². The molecule has 4 rings (SSSR count). The van der Waals surface area contributed by atoms with Gasteiger partial charge in [0.1, 0.15) is 30.5 Å². The summed E-state index contributed by atoms with van der Waals surface area (Å²) in [5.41, 5.74) is 2.42. The molecule has 236 valence electrons.